The quantitative estimate of drug-likeness (QED) is 0.755. The van der Waals surface area contributed by atoms with Crippen molar-refractivity contribution < 1.29 is 19.1 Å². The van der Waals surface area contributed by atoms with Gasteiger partial charge in [-0.05, 0) is 50.2 Å². The number of hydrogen-bond acceptors (Lipinski definition) is 4. The fraction of sp³-hybridized carbons (Fsp3) is 0.364. The van der Waals surface area contributed by atoms with Gasteiger partial charge in [0.15, 0.2) is 11.5 Å². The summed E-state index contributed by atoms with van der Waals surface area (Å²) in [5.74, 6) is 0.698. The van der Waals surface area contributed by atoms with Gasteiger partial charge in [0, 0.05) is 22.4 Å². The summed E-state index contributed by atoms with van der Waals surface area (Å²) < 4.78 is 11.0. The Hall–Kier alpha value is -3.02. The second-order valence-electron chi connectivity index (χ2n) is 7.77. The molecule has 0 heterocycles. The van der Waals surface area contributed by atoms with Gasteiger partial charge < -0.3 is 20.1 Å². The Balaban J connectivity index is 2.14. The van der Waals surface area contributed by atoms with Crippen LogP contribution < -0.4 is 20.1 Å². The Bertz CT molecular complexity index is 854. The lowest BCUT2D eigenvalue weighted by molar-refractivity contribution is -0.123. The van der Waals surface area contributed by atoms with Crippen LogP contribution in [0, 0.1) is 5.41 Å². The maximum absolute atomic E-state index is 12.6. The van der Waals surface area contributed by atoms with Gasteiger partial charge in [0.1, 0.15) is 0 Å². The maximum atomic E-state index is 12.6. The van der Waals surface area contributed by atoms with Crippen LogP contribution in [0.3, 0.4) is 0 Å². The maximum Gasteiger partial charge on any atom is 0.255 e. The zero-order valence-corrected chi connectivity index (χ0v) is 17.3. The van der Waals surface area contributed by atoms with Crippen LogP contribution in [0.1, 0.15) is 45.0 Å². The Labute approximate surface area is 166 Å². The topological polar surface area (TPSA) is 76.7 Å². The number of methoxy groups -OCH3 is 1. The molecule has 150 valence electrons. The predicted molar refractivity (Wildman–Crippen MR) is 111 cm³/mol. The van der Waals surface area contributed by atoms with Crippen molar-refractivity contribution in [2.75, 3.05) is 17.7 Å². The van der Waals surface area contributed by atoms with E-state index in [1.165, 1.54) is 7.11 Å². The molecule has 0 saturated heterocycles. The molecule has 2 aromatic carbocycles. The van der Waals surface area contributed by atoms with Crippen LogP contribution in [0.5, 0.6) is 11.5 Å². The third kappa shape index (κ3) is 5.74. The normalized spacial score (nSPS) is 11.1. The lowest BCUT2D eigenvalue weighted by Gasteiger charge is -2.18. The summed E-state index contributed by atoms with van der Waals surface area (Å²) in [6.45, 7) is 9.37. The van der Waals surface area contributed by atoms with Crippen molar-refractivity contribution >= 4 is 23.2 Å². The van der Waals surface area contributed by atoms with Gasteiger partial charge in [0.25, 0.3) is 5.91 Å². The monoisotopic (exact) mass is 384 g/mol. The molecule has 0 aliphatic rings. The van der Waals surface area contributed by atoms with Crippen molar-refractivity contribution in [3.8, 4) is 11.5 Å². The zero-order chi connectivity index (χ0) is 20.9. The number of carbonyl (C=O) groups excluding carboxylic acids is 2. The molecule has 6 nitrogen and oxygen atoms in total. The Morgan fingerprint density at radius 3 is 2.14 bits per heavy atom. The number of nitrogens with one attached hydrogen (secondary N) is 2. The van der Waals surface area contributed by atoms with E-state index >= 15 is 0 Å². The molecule has 2 N–H and O–H groups in total. The first kappa shape index (κ1) is 21.3. The molecule has 0 atom stereocenters. The molecule has 0 spiro atoms. The molecule has 0 unspecified atom stereocenters. The second-order valence-corrected chi connectivity index (χ2v) is 7.77. The summed E-state index contributed by atoms with van der Waals surface area (Å²) in [5, 5.41) is 5.69. The number of rotatable bonds is 6. The van der Waals surface area contributed by atoms with Crippen molar-refractivity contribution in [1.82, 2.24) is 0 Å². The van der Waals surface area contributed by atoms with Gasteiger partial charge in [-0.25, -0.2) is 0 Å². The van der Waals surface area contributed by atoms with Crippen LogP contribution in [-0.4, -0.2) is 25.0 Å². The lowest BCUT2D eigenvalue weighted by atomic mass is 9.95. The molecular formula is C22H28N2O4. The summed E-state index contributed by atoms with van der Waals surface area (Å²) >= 11 is 0. The van der Waals surface area contributed by atoms with Gasteiger partial charge in [-0.2, -0.15) is 0 Å². The van der Waals surface area contributed by atoms with E-state index in [9.17, 15) is 9.59 Å². The average molecular weight is 384 g/mol. The van der Waals surface area contributed by atoms with Crippen LogP contribution in [0.15, 0.2) is 42.5 Å². The van der Waals surface area contributed by atoms with Gasteiger partial charge in [0.05, 0.1) is 13.2 Å². The number of hydrogen-bond donors (Lipinski definition) is 2. The minimum absolute atomic E-state index is 0.000347. The number of carbonyl (C=O) groups is 2. The lowest BCUT2D eigenvalue weighted by Crippen LogP contribution is -2.27. The molecule has 28 heavy (non-hydrogen) atoms. The molecule has 6 heteroatoms. The van der Waals surface area contributed by atoms with Crippen molar-refractivity contribution in [3.63, 3.8) is 0 Å². The van der Waals surface area contributed by atoms with Crippen LogP contribution in [0.2, 0.25) is 0 Å². The molecule has 0 fully saturated rings. The van der Waals surface area contributed by atoms with E-state index in [2.05, 4.69) is 10.6 Å². The van der Waals surface area contributed by atoms with E-state index in [1.54, 1.807) is 42.5 Å². The molecule has 0 saturated carbocycles. The molecule has 2 amide bonds. The second kappa shape index (κ2) is 8.78. The van der Waals surface area contributed by atoms with Crippen LogP contribution in [-0.2, 0) is 4.79 Å². The summed E-state index contributed by atoms with van der Waals surface area (Å²) in [6.07, 6.45) is -0.000347. The van der Waals surface area contributed by atoms with E-state index in [0.29, 0.717) is 28.4 Å². The molecule has 0 aliphatic heterocycles. The molecule has 0 radical (unpaired) electrons. The Kier molecular flexibility index (Phi) is 6.67. The van der Waals surface area contributed by atoms with Gasteiger partial charge in [-0.3, -0.25) is 9.59 Å². The van der Waals surface area contributed by atoms with E-state index < -0.39 is 5.41 Å². The summed E-state index contributed by atoms with van der Waals surface area (Å²) in [5.41, 5.74) is 1.14. The zero-order valence-electron chi connectivity index (χ0n) is 17.3. The van der Waals surface area contributed by atoms with E-state index in [1.807, 2.05) is 34.6 Å². The van der Waals surface area contributed by atoms with E-state index in [0.717, 1.165) is 0 Å². The predicted octanol–water partition coefficient (Wildman–Crippen LogP) is 4.72. The van der Waals surface area contributed by atoms with Gasteiger partial charge >= 0.3 is 0 Å². The largest absolute Gasteiger partial charge is 0.493 e. The SMILES string of the molecule is COc1cc(C(=O)Nc2cccc(NC(=O)C(C)(C)C)c2)ccc1OC(C)C. The first-order valence-electron chi connectivity index (χ1n) is 9.17. The number of amides is 2. The molecular weight excluding hydrogens is 356 g/mol. The van der Waals surface area contributed by atoms with Crippen molar-refractivity contribution in [1.29, 1.82) is 0 Å². The first-order chi connectivity index (χ1) is 13.1. The molecule has 0 bridgehead atoms. The molecule has 0 aromatic heterocycles. The molecule has 2 aromatic rings. The minimum Gasteiger partial charge on any atom is -0.493 e. The highest BCUT2D eigenvalue weighted by atomic mass is 16.5. The van der Waals surface area contributed by atoms with Crippen molar-refractivity contribution in [2.45, 2.75) is 40.7 Å². The van der Waals surface area contributed by atoms with Crippen LogP contribution in [0.25, 0.3) is 0 Å². The molecule has 2 rings (SSSR count). The summed E-state index contributed by atoms with van der Waals surface area (Å²) in [6, 6.07) is 12.1. The minimum atomic E-state index is -0.504. The third-order valence-corrected chi connectivity index (χ3v) is 3.85. The van der Waals surface area contributed by atoms with Gasteiger partial charge in [0.2, 0.25) is 5.91 Å². The Morgan fingerprint density at radius 1 is 0.929 bits per heavy atom. The highest BCUT2D eigenvalue weighted by Gasteiger charge is 2.21. The smallest absolute Gasteiger partial charge is 0.255 e. The number of ether oxygens (including phenoxy) is 2. The fourth-order valence-corrected chi connectivity index (χ4v) is 2.36. The summed E-state index contributed by atoms with van der Waals surface area (Å²) in [4.78, 5) is 24.8. The van der Waals surface area contributed by atoms with E-state index in [-0.39, 0.29) is 17.9 Å². The van der Waals surface area contributed by atoms with Crippen LogP contribution >= 0.6 is 0 Å². The van der Waals surface area contributed by atoms with Gasteiger partial charge in [-0.15, -0.1) is 0 Å². The fourth-order valence-electron chi connectivity index (χ4n) is 2.36. The highest BCUT2D eigenvalue weighted by Crippen LogP contribution is 2.29. The highest BCUT2D eigenvalue weighted by molar-refractivity contribution is 6.05. The summed E-state index contributed by atoms with van der Waals surface area (Å²) in [7, 11) is 1.53. The molecule has 0 aliphatic carbocycles. The number of benzene rings is 2. The first-order valence-corrected chi connectivity index (χ1v) is 9.17. The third-order valence-electron chi connectivity index (χ3n) is 3.85. The van der Waals surface area contributed by atoms with Crippen molar-refractivity contribution in [2.24, 2.45) is 5.41 Å². The Morgan fingerprint density at radius 2 is 1.57 bits per heavy atom. The van der Waals surface area contributed by atoms with Gasteiger partial charge in [-0.1, -0.05) is 26.8 Å². The van der Waals surface area contributed by atoms with Crippen LogP contribution in [0.4, 0.5) is 11.4 Å². The standard InChI is InChI=1S/C22H28N2O4/c1-14(2)28-18-11-10-15(12-19(18)27-6)20(25)23-16-8-7-9-17(13-16)24-21(26)22(3,4)5/h7-14H,1-6H3,(H,23,25)(H,24,26). The number of anilines is 2. The van der Waals surface area contributed by atoms with Crippen molar-refractivity contribution in [3.05, 3.63) is 48.0 Å². The average Bonchev–Trinajstić information content (AvgIpc) is 2.61. The van der Waals surface area contributed by atoms with E-state index in [4.69, 9.17) is 9.47 Å².